The number of aliphatic carboxylic acids is 1. The van der Waals surface area contributed by atoms with Gasteiger partial charge < -0.3 is 5.11 Å². The standard InChI is InChI=1S/C20H26O2/c1-20-9-2-3-18(20)17-7-5-14-11-13(12-19(21)22)4-6-15(14)16(17)8-10-20/h4,6,11,16-18H,2-3,5,7-10,12H2,1H3,(H,21,22)/t16?,17?,18?,20-/m0/s1. The lowest BCUT2D eigenvalue weighted by Crippen LogP contribution is -2.39. The molecule has 0 aromatic heterocycles. The quantitative estimate of drug-likeness (QED) is 0.869. The normalized spacial score (nSPS) is 36.3. The van der Waals surface area contributed by atoms with Crippen LogP contribution in [0.4, 0.5) is 0 Å². The molecule has 1 aromatic rings. The van der Waals surface area contributed by atoms with Gasteiger partial charge in [0.1, 0.15) is 0 Å². The lowest BCUT2D eigenvalue weighted by molar-refractivity contribution is -0.136. The molecule has 22 heavy (non-hydrogen) atoms. The van der Waals surface area contributed by atoms with E-state index in [0.29, 0.717) is 5.41 Å². The van der Waals surface area contributed by atoms with E-state index in [9.17, 15) is 4.79 Å². The van der Waals surface area contributed by atoms with Gasteiger partial charge in [0, 0.05) is 0 Å². The number of fused-ring (bicyclic) bond motifs is 5. The fourth-order valence-electron chi connectivity index (χ4n) is 5.91. The fourth-order valence-corrected chi connectivity index (χ4v) is 5.91. The summed E-state index contributed by atoms with van der Waals surface area (Å²) in [7, 11) is 0. The van der Waals surface area contributed by atoms with Gasteiger partial charge in [-0.05, 0) is 78.4 Å². The zero-order valence-electron chi connectivity index (χ0n) is 13.5. The molecule has 4 rings (SSSR count). The molecule has 1 N–H and O–H groups in total. The molecule has 0 aliphatic heterocycles. The number of aryl methyl sites for hydroxylation is 1. The van der Waals surface area contributed by atoms with Crippen molar-refractivity contribution in [2.75, 3.05) is 0 Å². The molecule has 0 saturated heterocycles. The lowest BCUT2D eigenvalue weighted by Gasteiger charge is -2.49. The molecule has 2 saturated carbocycles. The van der Waals surface area contributed by atoms with Crippen molar-refractivity contribution in [2.24, 2.45) is 17.3 Å². The minimum Gasteiger partial charge on any atom is -0.481 e. The van der Waals surface area contributed by atoms with E-state index in [4.69, 9.17) is 5.11 Å². The minimum absolute atomic E-state index is 0.155. The highest BCUT2D eigenvalue weighted by molar-refractivity contribution is 5.70. The van der Waals surface area contributed by atoms with Crippen molar-refractivity contribution in [3.05, 3.63) is 34.9 Å². The number of hydrogen-bond donors (Lipinski definition) is 1. The predicted molar refractivity (Wildman–Crippen MR) is 87.0 cm³/mol. The highest BCUT2D eigenvalue weighted by Gasteiger charge is 2.50. The lowest BCUT2D eigenvalue weighted by atomic mass is 9.56. The Labute approximate surface area is 132 Å². The van der Waals surface area contributed by atoms with Gasteiger partial charge in [-0.2, -0.15) is 0 Å². The molecule has 0 radical (unpaired) electrons. The summed E-state index contributed by atoms with van der Waals surface area (Å²) in [6, 6.07) is 6.47. The summed E-state index contributed by atoms with van der Waals surface area (Å²) in [5.41, 5.74) is 4.55. The van der Waals surface area contributed by atoms with Gasteiger partial charge in [0.05, 0.1) is 6.42 Å². The summed E-state index contributed by atoms with van der Waals surface area (Å²) in [4.78, 5) is 10.9. The molecule has 3 unspecified atom stereocenters. The van der Waals surface area contributed by atoms with Crippen LogP contribution >= 0.6 is 0 Å². The topological polar surface area (TPSA) is 37.3 Å². The molecule has 0 bridgehead atoms. The van der Waals surface area contributed by atoms with E-state index in [1.165, 1.54) is 44.1 Å². The van der Waals surface area contributed by atoms with E-state index in [-0.39, 0.29) is 6.42 Å². The van der Waals surface area contributed by atoms with Crippen LogP contribution in [-0.4, -0.2) is 11.1 Å². The molecule has 2 heteroatoms. The summed E-state index contributed by atoms with van der Waals surface area (Å²) in [5, 5.41) is 8.99. The van der Waals surface area contributed by atoms with Crippen molar-refractivity contribution in [1.82, 2.24) is 0 Å². The Morgan fingerprint density at radius 1 is 1.27 bits per heavy atom. The first-order valence-electron chi connectivity index (χ1n) is 8.90. The van der Waals surface area contributed by atoms with Crippen molar-refractivity contribution < 1.29 is 9.90 Å². The maximum Gasteiger partial charge on any atom is 0.307 e. The fraction of sp³-hybridized carbons (Fsp3) is 0.650. The SMILES string of the molecule is C[C@@]12CCCC1C1CCc3cc(CC(=O)O)ccc3C1CC2. The Bertz CT molecular complexity index is 606. The molecular weight excluding hydrogens is 272 g/mol. The average Bonchev–Trinajstić information content (AvgIpc) is 2.88. The summed E-state index contributed by atoms with van der Waals surface area (Å²) in [6.45, 7) is 2.53. The molecule has 2 fully saturated rings. The molecule has 0 heterocycles. The Morgan fingerprint density at radius 2 is 2.14 bits per heavy atom. The van der Waals surface area contributed by atoms with Crippen LogP contribution in [0.25, 0.3) is 0 Å². The minimum atomic E-state index is -0.729. The molecule has 3 aliphatic rings. The second kappa shape index (κ2) is 5.11. The van der Waals surface area contributed by atoms with Crippen molar-refractivity contribution >= 4 is 5.97 Å². The van der Waals surface area contributed by atoms with Gasteiger partial charge in [-0.15, -0.1) is 0 Å². The molecular formula is C20H26O2. The predicted octanol–water partition coefficient (Wildman–Crippen LogP) is 4.56. The zero-order chi connectivity index (χ0) is 15.3. The Kier molecular flexibility index (Phi) is 3.32. The molecule has 0 amide bonds. The number of carboxylic acids is 1. The number of carboxylic acid groups (broad SMARTS) is 1. The number of carbonyl (C=O) groups is 1. The summed E-state index contributed by atoms with van der Waals surface area (Å²) in [5.74, 6) is 1.81. The monoisotopic (exact) mass is 298 g/mol. The van der Waals surface area contributed by atoms with Gasteiger partial charge in [-0.25, -0.2) is 0 Å². The second-order valence-electron chi connectivity index (χ2n) is 8.10. The van der Waals surface area contributed by atoms with Crippen LogP contribution in [0.15, 0.2) is 18.2 Å². The van der Waals surface area contributed by atoms with E-state index in [0.717, 1.165) is 29.7 Å². The van der Waals surface area contributed by atoms with Gasteiger partial charge >= 0.3 is 5.97 Å². The van der Waals surface area contributed by atoms with E-state index < -0.39 is 5.97 Å². The van der Waals surface area contributed by atoms with Crippen LogP contribution in [0, 0.1) is 17.3 Å². The van der Waals surface area contributed by atoms with Gasteiger partial charge in [0.2, 0.25) is 0 Å². The maximum absolute atomic E-state index is 10.9. The van der Waals surface area contributed by atoms with Gasteiger partial charge in [0.25, 0.3) is 0 Å². The first-order valence-corrected chi connectivity index (χ1v) is 8.90. The third-order valence-corrected chi connectivity index (χ3v) is 6.93. The number of hydrogen-bond acceptors (Lipinski definition) is 1. The van der Waals surface area contributed by atoms with Crippen molar-refractivity contribution in [1.29, 1.82) is 0 Å². The highest BCUT2D eigenvalue weighted by Crippen LogP contribution is 2.60. The summed E-state index contributed by atoms with van der Waals surface area (Å²) in [6.07, 6.45) is 9.63. The maximum atomic E-state index is 10.9. The van der Waals surface area contributed by atoms with Crippen LogP contribution in [0.1, 0.15) is 68.1 Å². The van der Waals surface area contributed by atoms with Gasteiger partial charge in [0.15, 0.2) is 0 Å². The van der Waals surface area contributed by atoms with Gasteiger partial charge in [-0.1, -0.05) is 31.5 Å². The van der Waals surface area contributed by atoms with Crippen molar-refractivity contribution in [2.45, 2.75) is 64.2 Å². The van der Waals surface area contributed by atoms with Crippen molar-refractivity contribution in [3.63, 3.8) is 0 Å². The number of rotatable bonds is 2. The molecule has 1 aromatic carbocycles. The third kappa shape index (κ3) is 2.19. The van der Waals surface area contributed by atoms with Crippen LogP contribution in [0.2, 0.25) is 0 Å². The largest absolute Gasteiger partial charge is 0.481 e. The Hall–Kier alpha value is -1.31. The smallest absolute Gasteiger partial charge is 0.307 e. The second-order valence-corrected chi connectivity index (χ2v) is 8.10. The Balaban J connectivity index is 1.64. The van der Waals surface area contributed by atoms with Crippen LogP contribution in [-0.2, 0) is 17.6 Å². The average molecular weight is 298 g/mol. The summed E-state index contributed by atoms with van der Waals surface area (Å²) >= 11 is 0. The third-order valence-electron chi connectivity index (χ3n) is 6.93. The van der Waals surface area contributed by atoms with Crippen LogP contribution in [0.5, 0.6) is 0 Å². The van der Waals surface area contributed by atoms with Crippen LogP contribution < -0.4 is 0 Å². The van der Waals surface area contributed by atoms with Crippen molar-refractivity contribution in [3.8, 4) is 0 Å². The summed E-state index contributed by atoms with van der Waals surface area (Å²) < 4.78 is 0. The molecule has 0 spiro atoms. The van der Waals surface area contributed by atoms with Crippen LogP contribution in [0.3, 0.4) is 0 Å². The molecule has 118 valence electrons. The number of benzene rings is 1. The van der Waals surface area contributed by atoms with E-state index in [1.54, 1.807) is 5.56 Å². The molecule has 4 atom stereocenters. The first kappa shape index (κ1) is 14.3. The van der Waals surface area contributed by atoms with E-state index in [1.807, 2.05) is 0 Å². The first-order chi connectivity index (χ1) is 10.6. The van der Waals surface area contributed by atoms with E-state index in [2.05, 4.69) is 25.1 Å². The molecule has 3 aliphatic carbocycles. The zero-order valence-corrected chi connectivity index (χ0v) is 13.5. The van der Waals surface area contributed by atoms with E-state index >= 15 is 0 Å². The Morgan fingerprint density at radius 3 is 2.95 bits per heavy atom. The molecule has 2 nitrogen and oxygen atoms in total. The highest BCUT2D eigenvalue weighted by atomic mass is 16.4. The van der Waals surface area contributed by atoms with Gasteiger partial charge in [-0.3, -0.25) is 4.79 Å².